The van der Waals surface area contributed by atoms with E-state index in [1.165, 1.54) is 19.2 Å². The standard InChI is InChI=1S/C15H20FNO2/c1-3-11-6-4-5-9-17(11)15(18)13-8-7-12(19-2)10-14(13)16/h7-8,10-11H,3-6,9H2,1-2H3. The average molecular weight is 265 g/mol. The molecule has 1 saturated heterocycles. The second kappa shape index (κ2) is 6.04. The molecule has 0 N–H and O–H groups in total. The number of piperidine rings is 1. The highest BCUT2D eigenvalue weighted by Gasteiger charge is 2.27. The number of carbonyl (C=O) groups is 1. The van der Waals surface area contributed by atoms with Gasteiger partial charge in [-0.1, -0.05) is 6.92 Å². The van der Waals surface area contributed by atoms with Crippen molar-refractivity contribution >= 4 is 5.91 Å². The highest BCUT2D eigenvalue weighted by Crippen LogP contribution is 2.24. The van der Waals surface area contributed by atoms with Crippen LogP contribution in [0.3, 0.4) is 0 Å². The average Bonchev–Trinajstić information content (AvgIpc) is 2.46. The Bertz CT molecular complexity index is 461. The van der Waals surface area contributed by atoms with E-state index in [0.29, 0.717) is 5.75 Å². The van der Waals surface area contributed by atoms with Crippen molar-refractivity contribution in [1.82, 2.24) is 4.90 Å². The minimum absolute atomic E-state index is 0.140. The van der Waals surface area contributed by atoms with Crippen LogP contribution in [0.15, 0.2) is 18.2 Å². The molecule has 1 fully saturated rings. The summed E-state index contributed by atoms with van der Waals surface area (Å²) in [7, 11) is 1.48. The fraction of sp³-hybridized carbons (Fsp3) is 0.533. The molecule has 1 atom stereocenters. The third-order valence-electron chi connectivity index (χ3n) is 3.77. The minimum atomic E-state index is -0.509. The predicted molar refractivity (Wildman–Crippen MR) is 71.9 cm³/mol. The lowest BCUT2D eigenvalue weighted by Gasteiger charge is -2.35. The molecule has 2 rings (SSSR count). The van der Waals surface area contributed by atoms with Gasteiger partial charge in [0.2, 0.25) is 0 Å². The van der Waals surface area contributed by atoms with Crippen molar-refractivity contribution < 1.29 is 13.9 Å². The smallest absolute Gasteiger partial charge is 0.257 e. The Balaban J connectivity index is 2.23. The summed E-state index contributed by atoms with van der Waals surface area (Å²) < 4.78 is 18.9. The van der Waals surface area contributed by atoms with Crippen molar-refractivity contribution in [2.45, 2.75) is 38.6 Å². The zero-order valence-corrected chi connectivity index (χ0v) is 11.5. The van der Waals surface area contributed by atoms with E-state index in [1.54, 1.807) is 6.07 Å². The van der Waals surface area contributed by atoms with Crippen LogP contribution in [-0.2, 0) is 0 Å². The first-order chi connectivity index (χ1) is 9.17. The van der Waals surface area contributed by atoms with Crippen molar-refractivity contribution in [3.8, 4) is 5.75 Å². The fourth-order valence-electron chi connectivity index (χ4n) is 2.64. The highest BCUT2D eigenvalue weighted by atomic mass is 19.1. The van der Waals surface area contributed by atoms with Gasteiger partial charge in [-0.25, -0.2) is 4.39 Å². The molecule has 19 heavy (non-hydrogen) atoms. The molecule has 1 aliphatic heterocycles. The summed E-state index contributed by atoms with van der Waals surface area (Å²) in [6, 6.07) is 4.64. The van der Waals surface area contributed by atoms with Crippen LogP contribution >= 0.6 is 0 Å². The van der Waals surface area contributed by atoms with Crippen LogP contribution in [-0.4, -0.2) is 30.5 Å². The van der Waals surface area contributed by atoms with Crippen molar-refractivity contribution in [3.63, 3.8) is 0 Å². The molecule has 0 spiro atoms. The number of rotatable bonds is 3. The van der Waals surface area contributed by atoms with Crippen LogP contribution in [0.2, 0.25) is 0 Å². The van der Waals surface area contributed by atoms with Gasteiger partial charge in [-0.2, -0.15) is 0 Å². The number of hydrogen-bond acceptors (Lipinski definition) is 2. The molecule has 0 aliphatic carbocycles. The lowest BCUT2D eigenvalue weighted by Crippen LogP contribution is -2.43. The van der Waals surface area contributed by atoms with Gasteiger partial charge < -0.3 is 9.64 Å². The molecule has 1 heterocycles. The van der Waals surface area contributed by atoms with Crippen LogP contribution < -0.4 is 4.74 Å². The maximum Gasteiger partial charge on any atom is 0.257 e. The predicted octanol–water partition coefficient (Wildman–Crippen LogP) is 3.24. The van der Waals surface area contributed by atoms with Crippen LogP contribution in [0.1, 0.15) is 43.0 Å². The molecule has 1 aliphatic rings. The Labute approximate surface area is 113 Å². The number of carbonyl (C=O) groups excluding carboxylic acids is 1. The van der Waals surface area contributed by atoms with Gasteiger partial charge in [-0.3, -0.25) is 4.79 Å². The van der Waals surface area contributed by atoms with E-state index >= 15 is 0 Å². The number of methoxy groups -OCH3 is 1. The van der Waals surface area contributed by atoms with E-state index in [0.717, 1.165) is 32.2 Å². The summed E-state index contributed by atoms with van der Waals surface area (Å²) in [4.78, 5) is 14.2. The van der Waals surface area contributed by atoms with Gasteiger partial charge in [-0.05, 0) is 37.8 Å². The molecule has 1 unspecified atom stereocenters. The van der Waals surface area contributed by atoms with Crippen LogP contribution in [0, 0.1) is 5.82 Å². The Hall–Kier alpha value is -1.58. The molecule has 0 saturated carbocycles. The maximum atomic E-state index is 13.9. The Morgan fingerprint density at radius 3 is 2.89 bits per heavy atom. The Morgan fingerprint density at radius 1 is 1.47 bits per heavy atom. The number of amides is 1. The Morgan fingerprint density at radius 2 is 2.26 bits per heavy atom. The number of halogens is 1. The van der Waals surface area contributed by atoms with Crippen molar-refractivity contribution in [2.75, 3.05) is 13.7 Å². The van der Waals surface area contributed by atoms with Crippen molar-refractivity contribution in [2.24, 2.45) is 0 Å². The fourth-order valence-corrected chi connectivity index (χ4v) is 2.64. The van der Waals surface area contributed by atoms with Gasteiger partial charge in [0.25, 0.3) is 5.91 Å². The van der Waals surface area contributed by atoms with E-state index in [1.807, 2.05) is 4.90 Å². The van der Waals surface area contributed by atoms with Crippen LogP contribution in [0.4, 0.5) is 4.39 Å². The molecular weight excluding hydrogens is 245 g/mol. The lowest BCUT2D eigenvalue weighted by atomic mass is 9.99. The molecule has 3 nitrogen and oxygen atoms in total. The molecule has 0 aromatic heterocycles. The number of ether oxygens (including phenoxy) is 1. The summed E-state index contributed by atoms with van der Waals surface area (Å²) in [5, 5.41) is 0. The zero-order valence-electron chi connectivity index (χ0n) is 11.5. The quantitative estimate of drug-likeness (QED) is 0.839. The van der Waals surface area contributed by atoms with Crippen molar-refractivity contribution in [3.05, 3.63) is 29.6 Å². The van der Waals surface area contributed by atoms with Gasteiger partial charge in [0, 0.05) is 18.7 Å². The summed E-state index contributed by atoms with van der Waals surface area (Å²) in [5.74, 6) is -0.281. The molecular formula is C15H20FNO2. The van der Waals surface area contributed by atoms with E-state index < -0.39 is 5.82 Å². The summed E-state index contributed by atoms with van der Waals surface area (Å²) in [6.07, 6.45) is 4.08. The molecule has 1 amide bonds. The van der Waals surface area contributed by atoms with Crippen LogP contribution in [0.25, 0.3) is 0 Å². The summed E-state index contributed by atoms with van der Waals surface area (Å²) in [5.41, 5.74) is 0.140. The minimum Gasteiger partial charge on any atom is -0.497 e. The summed E-state index contributed by atoms with van der Waals surface area (Å²) >= 11 is 0. The summed E-state index contributed by atoms with van der Waals surface area (Å²) in [6.45, 7) is 2.80. The normalized spacial score (nSPS) is 19.3. The van der Waals surface area contributed by atoms with Gasteiger partial charge in [0.1, 0.15) is 11.6 Å². The first-order valence-corrected chi connectivity index (χ1v) is 6.82. The molecule has 0 bridgehead atoms. The first-order valence-electron chi connectivity index (χ1n) is 6.82. The third kappa shape index (κ3) is 2.88. The van der Waals surface area contributed by atoms with Crippen molar-refractivity contribution in [1.29, 1.82) is 0 Å². The van der Waals surface area contributed by atoms with Gasteiger partial charge in [0.15, 0.2) is 0 Å². The highest BCUT2D eigenvalue weighted by molar-refractivity contribution is 5.95. The SMILES string of the molecule is CCC1CCCCN1C(=O)c1ccc(OC)cc1F. The number of nitrogens with zero attached hydrogens (tertiary/aromatic N) is 1. The lowest BCUT2D eigenvalue weighted by molar-refractivity contribution is 0.0603. The van der Waals surface area contributed by atoms with E-state index in [-0.39, 0.29) is 17.5 Å². The molecule has 1 aromatic rings. The molecule has 104 valence electrons. The molecule has 4 heteroatoms. The zero-order chi connectivity index (χ0) is 13.8. The molecule has 0 radical (unpaired) electrons. The van der Waals surface area contributed by atoms with E-state index in [4.69, 9.17) is 4.74 Å². The second-order valence-electron chi connectivity index (χ2n) is 4.90. The first kappa shape index (κ1) is 13.8. The number of likely N-dealkylation sites (tertiary alicyclic amines) is 1. The molecule has 1 aromatic carbocycles. The Kier molecular flexibility index (Phi) is 4.40. The van der Waals surface area contributed by atoms with Gasteiger partial charge >= 0.3 is 0 Å². The monoisotopic (exact) mass is 265 g/mol. The van der Waals surface area contributed by atoms with E-state index in [9.17, 15) is 9.18 Å². The largest absolute Gasteiger partial charge is 0.497 e. The van der Waals surface area contributed by atoms with E-state index in [2.05, 4.69) is 6.92 Å². The number of hydrogen-bond donors (Lipinski definition) is 0. The van der Waals surface area contributed by atoms with Gasteiger partial charge in [-0.15, -0.1) is 0 Å². The number of benzene rings is 1. The van der Waals surface area contributed by atoms with Gasteiger partial charge in [0.05, 0.1) is 12.7 Å². The maximum absolute atomic E-state index is 13.9. The van der Waals surface area contributed by atoms with Crippen LogP contribution in [0.5, 0.6) is 5.75 Å². The second-order valence-corrected chi connectivity index (χ2v) is 4.90. The third-order valence-corrected chi connectivity index (χ3v) is 3.77. The topological polar surface area (TPSA) is 29.5 Å².